The Bertz CT molecular complexity index is 617. The summed E-state index contributed by atoms with van der Waals surface area (Å²) in [6.45, 7) is 0.935. The summed E-state index contributed by atoms with van der Waals surface area (Å²) in [4.78, 5) is 3.81. The van der Waals surface area contributed by atoms with E-state index in [0.717, 1.165) is 0 Å². The molecule has 0 spiro atoms. The van der Waals surface area contributed by atoms with Crippen molar-refractivity contribution < 1.29 is 8.42 Å². The van der Waals surface area contributed by atoms with Gasteiger partial charge in [0.25, 0.3) is 0 Å². The molecule has 22 heavy (non-hydrogen) atoms. The van der Waals surface area contributed by atoms with Crippen LogP contribution >= 0.6 is 0 Å². The summed E-state index contributed by atoms with van der Waals surface area (Å²) >= 11 is 0. The third-order valence-electron chi connectivity index (χ3n) is 3.86. The SMILES string of the molecule is N#Cc1cncc(S(=O)(=O)NCCNC2CCCCCC2)c1. The van der Waals surface area contributed by atoms with Crippen molar-refractivity contribution >= 4 is 10.0 Å². The highest BCUT2D eigenvalue weighted by molar-refractivity contribution is 7.89. The maximum atomic E-state index is 12.1. The van der Waals surface area contributed by atoms with Crippen molar-refractivity contribution in [3.63, 3.8) is 0 Å². The van der Waals surface area contributed by atoms with Gasteiger partial charge >= 0.3 is 0 Å². The highest BCUT2D eigenvalue weighted by atomic mass is 32.2. The molecule has 120 valence electrons. The number of hydrogen-bond acceptors (Lipinski definition) is 5. The Morgan fingerprint density at radius 1 is 1.18 bits per heavy atom. The van der Waals surface area contributed by atoms with Crippen LogP contribution in [0.5, 0.6) is 0 Å². The minimum absolute atomic E-state index is 0.0287. The van der Waals surface area contributed by atoms with Gasteiger partial charge in [0.15, 0.2) is 0 Å². The first-order valence-corrected chi connectivity index (χ1v) is 9.18. The van der Waals surface area contributed by atoms with Gasteiger partial charge in [-0.25, -0.2) is 13.1 Å². The van der Waals surface area contributed by atoms with Crippen LogP contribution in [0.2, 0.25) is 0 Å². The van der Waals surface area contributed by atoms with Crippen LogP contribution in [0.1, 0.15) is 44.1 Å². The van der Waals surface area contributed by atoms with Crippen molar-refractivity contribution in [1.29, 1.82) is 5.26 Å². The zero-order valence-corrected chi connectivity index (χ0v) is 13.4. The predicted molar refractivity (Wildman–Crippen MR) is 83.6 cm³/mol. The first-order valence-electron chi connectivity index (χ1n) is 7.70. The third kappa shape index (κ3) is 5.05. The molecule has 0 atom stereocenters. The molecule has 0 aliphatic heterocycles. The number of rotatable bonds is 6. The molecule has 0 aromatic carbocycles. The van der Waals surface area contributed by atoms with Gasteiger partial charge in [0.2, 0.25) is 10.0 Å². The Balaban J connectivity index is 1.81. The molecule has 1 fully saturated rings. The number of pyridine rings is 1. The van der Waals surface area contributed by atoms with Gasteiger partial charge in [-0.3, -0.25) is 4.98 Å². The minimum atomic E-state index is -3.61. The molecule has 7 heteroatoms. The summed E-state index contributed by atoms with van der Waals surface area (Å²) in [5, 5.41) is 12.2. The van der Waals surface area contributed by atoms with Crippen molar-refractivity contribution in [2.45, 2.75) is 49.5 Å². The molecule has 2 N–H and O–H groups in total. The molecule has 0 amide bonds. The Kier molecular flexibility index (Phi) is 6.31. The van der Waals surface area contributed by atoms with E-state index in [1.54, 1.807) is 0 Å². The van der Waals surface area contributed by atoms with Gasteiger partial charge in [0.05, 0.1) is 5.56 Å². The van der Waals surface area contributed by atoms with E-state index in [0.29, 0.717) is 19.1 Å². The highest BCUT2D eigenvalue weighted by Crippen LogP contribution is 2.16. The zero-order valence-electron chi connectivity index (χ0n) is 12.6. The first kappa shape index (κ1) is 16.9. The Labute approximate surface area is 132 Å². The average Bonchev–Trinajstić information content (AvgIpc) is 2.80. The normalized spacial score (nSPS) is 16.9. The fraction of sp³-hybridized carbons (Fsp3) is 0.600. The van der Waals surface area contributed by atoms with E-state index in [4.69, 9.17) is 5.26 Å². The van der Waals surface area contributed by atoms with Crippen LogP contribution in [-0.2, 0) is 10.0 Å². The summed E-state index contributed by atoms with van der Waals surface area (Å²) in [6.07, 6.45) is 10.0. The molecular weight excluding hydrogens is 300 g/mol. The largest absolute Gasteiger partial charge is 0.313 e. The Morgan fingerprint density at radius 3 is 2.59 bits per heavy atom. The summed E-state index contributed by atoms with van der Waals surface area (Å²) in [5.74, 6) is 0. The van der Waals surface area contributed by atoms with Gasteiger partial charge in [0, 0.05) is 31.5 Å². The maximum absolute atomic E-state index is 12.1. The Morgan fingerprint density at radius 2 is 1.91 bits per heavy atom. The first-order chi connectivity index (χ1) is 10.6. The summed E-state index contributed by atoms with van der Waals surface area (Å²) in [5.41, 5.74) is 0.236. The van der Waals surface area contributed by atoms with Crippen LogP contribution < -0.4 is 10.0 Å². The second-order valence-electron chi connectivity index (χ2n) is 5.56. The monoisotopic (exact) mass is 322 g/mol. The van der Waals surface area contributed by atoms with Crippen LogP contribution in [0.3, 0.4) is 0 Å². The summed E-state index contributed by atoms with van der Waals surface area (Å²) in [6, 6.07) is 3.71. The van der Waals surface area contributed by atoms with Crippen LogP contribution in [0.15, 0.2) is 23.4 Å². The number of nitrogens with one attached hydrogen (secondary N) is 2. The molecule has 1 heterocycles. The van der Waals surface area contributed by atoms with Gasteiger partial charge in [-0.15, -0.1) is 0 Å². The quantitative estimate of drug-likeness (QED) is 0.612. The molecule has 1 aliphatic carbocycles. The van der Waals surface area contributed by atoms with E-state index in [1.165, 1.54) is 57.0 Å². The molecule has 1 aliphatic rings. The predicted octanol–water partition coefficient (Wildman–Crippen LogP) is 1.54. The number of nitriles is 1. The topological polar surface area (TPSA) is 94.9 Å². The van der Waals surface area contributed by atoms with E-state index in [2.05, 4.69) is 15.0 Å². The van der Waals surface area contributed by atoms with Gasteiger partial charge in [-0.05, 0) is 18.9 Å². The summed E-state index contributed by atoms with van der Waals surface area (Å²) in [7, 11) is -3.61. The average molecular weight is 322 g/mol. The molecule has 1 saturated carbocycles. The van der Waals surface area contributed by atoms with Gasteiger partial charge < -0.3 is 5.32 Å². The number of hydrogen-bond donors (Lipinski definition) is 2. The lowest BCUT2D eigenvalue weighted by Crippen LogP contribution is -2.36. The maximum Gasteiger partial charge on any atom is 0.242 e. The van der Waals surface area contributed by atoms with E-state index < -0.39 is 10.0 Å². The second-order valence-corrected chi connectivity index (χ2v) is 7.33. The van der Waals surface area contributed by atoms with Crippen molar-refractivity contribution in [2.24, 2.45) is 0 Å². The fourth-order valence-corrected chi connectivity index (χ4v) is 3.67. The fourth-order valence-electron chi connectivity index (χ4n) is 2.66. The minimum Gasteiger partial charge on any atom is -0.313 e. The number of aromatic nitrogens is 1. The van der Waals surface area contributed by atoms with Gasteiger partial charge in [-0.2, -0.15) is 5.26 Å². The molecule has 0 saturated heterocycles. The number of sulfonamides is 1. The standard InChI is InChI=1S/C15H22N4O2S/c16-10-13-9-15(12-17-11-13)22(20,21)19-8-7-18-14-5-3-1-2-4-6-14/h9,11-12,14,18-19H,1-8H2. The molecule has 1 aromatic heterocycles. The van der Waals surface area contributed by atoms with E-state index in [1.807, 2.05) is 6.07 Å². The molecule has 0 radical (unpaired) electrons. The molecule has 0 bridgehead atoms. The lowest BCUT2D eigenvalue weighted by Gasteiger charge is -2.16. The molecule has 2 rings (SSSR count). The van der Waals surface area contributed by atoms with E-state index in [-0.39, 0.29) is 10.5 Å². The number of nitrogens with zero attached hydrogens (tertiary/aromatic N) is 2. The molecule has 0 unspecified atom stereocenters. The smallest absolute Gasteiger partial charge is 0.242 e. The second kappa shape index (κ2) is 8.22. The Hall–Kier alpha value is -1.49. The van der Waals surface area contributed by atoms with Crippen molar-refractivity contribution in [3.8, 4) is 6.07 Å². The van der Waals surface area contributed by atoms with Crippen LogP contribution in [0, 0.1) is 11.3 Å². The van der Waals surface area contributed by atoms with Crippen molar-refractivity contribution in [3.05, 3.63) is 24.0 Å². The highest BCUT2D eigenvalue weighted by Gasteiger charge is 2.15. The lowest BCUT2D eigenvalue weighted by molar-refractivity contribution is 0.461. The molecule has 6 nitrogen and oxygen atoms in total. The van der Waals surface area contributed by atoms with E-state index >= 15 is 0 Å². The molecular formula is C15H22N4O2S. The van der Waals surface area contributed by atoms with Crippen LogP contribution in [0.25, 0.3) is 0 Å². The van der Waals surface area contributed by atoms with Crippen LogP contribution in [0.4, 0.5) is 0 Å². The van der Waals surface area contributed by atoms with Crippen molar-refractivity contribution in [1.82, 2.24) is 15.0 Å². The third-order valence-corrected chi connectivity index (χ3v) is 5.29. The van der Waals surface area contributed by atoms with Gasteiger partial charge in [0.1, 0.15) is 11.0 Å². The van der Waals surface area contributed by atoms with Crippen LogP contribution in [-0.4, -0.2) is 32.5 Å². The van der Waals surface area contributed by atoms with E-state index in [9.17, 15) is 8.42 Å². The van der Waals surface area contributed by atoms with Gasteiger partial charge in [-0.1, -0.05) is 25.7 Å². The lowest BCUT2D eigenvalue weighted by atomic mass is 10.1. The zero-order chi connectivity index (χ0) is 15.8. The molecule has 1 aromatic rings. The summed E-state index contributed by atoms with van der Waals surface area (Å²) < 4.78 is 26.8. The van der Waals surface area contributed by atoms with Crippen molar-refractivity contribution in [2.75, 3.05) is 13.1 Å².